The number of unbranched alkanes of at least 4 members (excludes halogenated alkanes) is 12. The van der Waals surface area contributed by atoms with Crippen LogP contribution in [0.1, 0.15) is 185 Å². The van der Waals surface area contributed by atoms with Gasteiger partial charge in [0.1, 0.15) is 18.7 Å². The van der Waals surface area contributed by atoms with E-state index in [0.29, 0.717) is 12.3 Å². The lowest BCUT2D eigenvalue weighted by atomic mass is 9.40. The molecule has 0 aromatic carbocycles. The molecule has 0 bridgehead atoms. The molecule has 0 aliphatic carbocycles. The minimum atomic E-state index is 0.149. The Morgan fingerprint density at radius 1 is 0.795 bits per heavy atom. The van der Waals surface area contributed by atoms with E-state index < -0.39 is 0 Å². The van der Waals surface area contributed by atoms with Gasteiger partial charge >= 0.3 is 0 Å². The fourth-order valence-corrected chi connectivity index (χ4v) is 5.24. The average molecular weight is 639 g/mol. The molecule has 0 saturated heterocycles. The van der Waals surface area contributed by atoms with Gasteiger partial charge in [-0.25, -0.2) is 4.40 Å². The van der Waals surface area contributed by atoms with Crippen molar-refractivity contribution in [3.8, 4) is 0 Å². The summed E-state index contributed by atoms with van der Waals surface area (Å²) >= 11 is 3.98. The van der Waals surface area contributed by atoms with Gasteiger partial charge in [-0.2, -0.15) is 0 Å². The summed E-state index contributed by atoms with van der Waals surface area (Å²) in [4.78, 5) is 8.81. The van der Waals surface area contributed by atoms with Gasteiger partial charge in [0.2, 0.25) is 5.90 Å². The molecule has 0 heterocycles. The number of ether oxygens (including phenoxy) is 1. The van der Waals surface area contributed by atoms with E-state index in [1.165, 1.54) is 109 Å². The molecular formula is C38H79BN2O2S. The number of hydrogen-bond donors (Lipinski definition) is 2. The van der Waals surface area contributed by atoms with Crippen LogP contribution in [0.5, 0.6) is 0 Å². The molecular weight excluding hydrogens is 559 g/mol. The van der Waals surface area contributed by atoms with Crippen molar-refractivity contribution in [2.24, 2.45) is 10.3 Å². The highest BCUT2D eigenvalue weighted by atomic mass is 32.1. The van der Waals surface area contributed by atoms with Crippen LogP contribution in [0.3, 0.4) is 0 Å². The third-order valence-corrected chi connectivity index (χ3v) is 7.97. The highest BCUT2D eigenvalue weighted by Crippen LogP contribution is 2.20. The largest absolute Gasteiger partial charge is 0.477 e. The van der Waals surface area contributed by atoms with Crippen LogP contribution in [-0.2, 0) is 9.53 Å². The van der Waals surface area contributed by atoms with Gasteiger partial charge in [0, 0.05) is 0 Å². The van der Waals surface area contributed by atoms with Gasteiger partial charge in [-0.1, -0.05) is 190 Å². The van der Waals surface area contributed by atoms with Crippen LogP contribution >= 0.6 is 12.8 Å². The fraction of sp³-hybridized carbons (Fsp3) is 0.868. The highest BCUT2D eigenvalue weighted by molar-refractivity contribution is 7.79. The van der Waals surface area contributed by atoms with Crippen LogP contribution in [0.15, 0.2) is 16.0 Å². The molecule has 0 spiro atoms. The Labute approximate surface area is 284 Å². The topological polar surface area (TPSA) is 62.5 Å². The second kappa shape index (κ2) is 44.1. The molecule has 1 atom stereocenters. The molecule has 0 amide bonds. The zero-order valence-corrected chi connectivity index (χ0v) is 32.5. The second-order valence-corrected chi connectivity index (χ2v) is 12.0. The Balaban J connectivity index is -0.000000317. The summed E-state index contributed by atoms with van der Waals surface area (Å²) in [6.45, 7) is 22.8. The second-order valence-electron chi connectivity index (χ2n) is 11.8. The van der Waals surface area contributed by atoms with E-state index in [1.54, 1.807) is 0 Å². The molecule has 0 saturated carbocycles. The maximum Gasteiger partial charge on any atom is 0.233 e. The normalized spacial score (nSPS) is 11.6. The molecule has 0 aromatic rings. The highest BCUT2D eigenvalue weighted by Gasteiger charge is 2.15. The molecule has 0 radical (unpaired) electrons. The number of hydrogen-bond acceptors (Lipinski definition) is 5. The molecule has 0 aromatic heterocycles. The van der Waals surface area contributed by atoms with Gasteiger partial charge < -0.3 is 9.53 Å². The third-order valence-electron chi connectivity index (χ3n) is 7.77. The molecule has 0 fully saturated rings. The van der Waals surface area contributed by atoms with Crippen LogP contribution in [0.2, 0.25) is 19.0 Å². The maximum absolute atomic E-state index is 8.81. The number of allylic oxidation sites excluding steroid dienone is 1. The minimum Gasteiger partial charge on any atom is -0.477 e. The molecule has 4 nitrogen and oxygen atoms in total. The molecule has 1 unspecified atom stereocenters. The van der Waals surface area contributed by atoms with E-state index in [0.717, 1.165) is 56.6 Å². The first kappa shape index (κ1) is 49.8. The quantitative estimate of drug-likeness (QED) is 0.0261. The Morgan fingerprint density at radius 3 is 1.73 bits per heavy atom. The predicted octanol–water partition coefficient (Wildman–Crippen LogP) is 13.7. The summed E-state index contributed by atoms with van der Waals surface area (Å²) in [6.07, 6.45) is 30.7. The Bertz CT molecular complexity index is 640. The minimum absolute atomic E-state index is 0.149. The van der Waals surface area contributed by atoms with Gasteiger partial charge in [0.15, 0.2) is 0 Å². The summed E-state index contributed by atoms with van der Waals surface area (Å²) in [5.74, 6) is 1.08. The summed E-state index contributed by atoms with van der Waals surface area (Å²) in [6, 6.07) is 0. The van der Waals surface area contributed by atoms with E-state index in [1.807, 2.05) is 13.8 Å². The lowest BCUT2D eigenvalue weighted by molar-refractivity contribution is -0.106. The maximum atomic E-state index is 8.81. The zero-order valence-electron chi connectivity index (χ0n) is 31.6. The van der Waals surface area contributed by atoms with Gasteiger partial charge in [0.25, 0.3) is 0 Å². The van der Waals surface area contributed by atoms with Gasteiger partial charge in [0.05, 0.1) is 6.61 Å². The number of carbonyl (C=O) groups is 1. The number of nitrogens with zero attached hydrogens (tertiary/aromatic N) is 1. The van der Waals surface area contributed by atoms with Gasteiger partial charge in [-0.15, -0.1) is 0 Å². The SMILES string of the molecule is CC.CC=O.CCC/C=C(CC)/C(=N/S)C(=N)OCCCCCC.CCCCCCCCCCCB(CCC)CC(C)CC. The molecule has 0 aliphatic heterocycles. The van der Waals surface area contributed by atoms with Crippen molar-refractivity contribution >= 4 is 37.4 Å². The molecule has 0 rings (SSSR count). The van der Waals surface area contributed by atoms with E-state index in [4.69, 9.17) is 14.9 Å². The number of nitrogens with one attached hydrogen (secondary N) is 1. The van der Waals surface area contributed by atoms with Crippen LogP contribution in [0, 0.1) is 11.3 Å². The average Bonchev–Trinajstić information content (AvgIpc) is 3.03. The summed E-state index contributed by atoms with van der Waals surface area (Å²) < 4.78 is 9.39. The zero-order chi connectivity index (χ0) is 34.3. The van der Waals surface area contributed by atoms with Crippen LogP contribution in [-0.4, -0.2) is 31.2 Å². The van der Waals surface area contributed by atoms with Crippen molar-refractivity contribution in [2.45, 2.75) is 204 Å². The van der Waals surface area contributed by atoms with E-state index in [2.05, 4.69) is 71.8 Å². The van der Waals surface area contributed by atoms with Crippen LogP contribution < -0.4 is 0 Å². The summed E-state index contributed by atoms with van der Waals surface area (Å²) in [5, 5.41) is 7.95. The Hall–Kier alpha value is -1.04. The van der Waals surface area contributed by atoms with Crippen molar-refractivity contribution < 1.29 is 9.53 Å². The van der Waals surface area contributed by atoms with Crippen molar-refractivity contribution in [2.75, 3.05) is 6.61 Å². The molecule has 0 aliphatic rings. The number of carbonyl (C=O) groups excluding carboxylic acids is 1. The first-order valence-corrected chi connectivity index (χ1v) is 19.3. The van der Waals surface area contributed by atoms with Gasteiger partial charge in [-0.3, -0.25) is 5.41 Å². The van der Waals surface area contributed by atoms with E-state index in [9.17, 15) is 0 Å². The number of thiol groups is 1. The lowest BCUT2D eigenvalue weighted by Gasteiger charge is -2.16. The standard InChI is InChI=1S/C19H41B.C15H28N2OS.C2H4O.C2H6/c1-5-8-9-10-11-12-13-14-15-17-20(16-6-2)18-19(4)7-3;1-4-7-9-10-12-18-15(16)14(17-19)13(6-3)11-8-5-2;1-2-3;1-2/h19H,5-18H2,1-4H3;11,16,19H,4-10,12H2,1-3H3;2H,1H3;1-2H3/b;13-11+,16-15?,17-14-;;. The van der Waals surface area contributed by atoms with Crippen molar-refractivity contribution in [3.05, 3.63) is 11.6 Å². The first-order valence-electron chi connectivity index (χ1n) is 18.9. The molecule has 44 heavy (non-hydrogen) atoms. The summed E-state index contributed by atoms with van der Waals surface area (Å²) in [7, 11) is 0. The number of aldehydes is 1. The Morgan fingerprint density at radius 2 is 1.30 bits per heavy atom. The molecule has 6 heteroatoms. The van der Waals surface area contributed by atoms with Crippen LogP contribution in [0.25, 0.3) is 0 Å². The third kappa shape index (κ3) is 37.2. The first-order chi connectivity index (χ1) is 21.4. The van der Waals surface area contributed by atoms with Crippen LogP contribution in [0.4, 0.5) is 0 Å². The lowest BCUT2D eigenvalue weighted by Crippen LogP contribution is -2.19. The fourth-order valence-electron chi connectivity index (χ4n) is 5.02. The van der Waals surface area contributed by atoms with E-state index in [-0.39, 0.29) is 5.90 Å². The molecule has 1 N–H and O–H groups in total. The monoisotopic (exact) mass is 639 g/mol. The van der Waals surface area contributed by atoms with Gasteiger partial charge in [-0.05, 0) is 44.6 Å². The van der Waals surface area contributed by atoms with Crippen molar-refractivity contribution in [3.63, 3.8) is 0 Å². The predicted molar refractivity (Wildman–Crippen MR) is 208 cm³/mol. The van der Waals surface area contributed by atoms with E-state index >= 15 is 0 Å². The van der Waals surface area contributed by atoms with Crippen molar-refractivity contribution in [1.82, 2.24) is 0 Å². The summed E-state index contributed by atoms with van der Waals surface area (Å²) in [5.41, 5.74) is 1.63. The molecule has 262 valence electrons. The van der Waals surface area contributed by atoms with Crippen molar-refractivity contribution in [1.29, 1.82) is 5.41 Å². The number of rotatable bonds is 25. The smallest absolute Gasteiger partial charge is 0.233 e. The Kier molecular flexibility index (Phi) is 49.9.